The molecule has 0 saturated heterocycles. The van der Waals surface area contributed by atoms with Gasteiger partial charge in [-0.05, 0) is 36.8 Å². The first-order valence-electron chi connectivity index (χ1n) is 8.98. The Morgan fingerprint density at radius 3 is 2.40 bits per heavy atom. The van der Waals surface area contributed by atoms with Gasteiger partial charge in [-0.1, -0.05) is 24.3 Å². The second kappa shape index (κ2) is 8.81. The summed E-state index contributed by atoms with van der Waals surface area (Å²) in [5.74, 6) is 0.390. The van der Waals surface area contributed by atoms with Crippen LogP contribution in [0.25, 0.3) is 11.3 Å². The van der Waals surface area contributed by atoms with E-state index in [-0.39, 0.29) is 17.0 Å². The van der Waals surface area contributed by atoms with Gasteiger partial charge in [0.15, 0.2) is 0 Å². The van der Waals surface area contributed by atoms with E-state index in [1.807, 2.05) is 43.3 Å². The van der Waals surface area contributed by atoms with Gasteiger partial charge in [0.05, 0.1) is 11.9 Å². The van der Waals surface area contributed by atoms with Crippen LogP contribution in [0.4, 0.5) is 24.7 Å². The maximum Gasteiger partial charge on any atom is 0.573 e. The fraction of sp³-hybridized carbons (Fsp3) is 0.190. The number of nitrogens with zero attached hydrogens (tertiary/aromatic N) is 4. The summed E-state index contributed by atoms with van der Waals surface area (Å²) in [5, 5.41) is 4.15. The number of hydrazone groups is 1. The lowest BCUT2D eigenvalue weighted by atomic mass is 10.1. The van der Waals surface area contributed by atoms with Crippen molar-refractivity contribution in [1.82, 2.24) is 9.97 Å². The highest BCUT2D eigenvalue weighted by molar-refractivity contribution is 5.81. The van der Waals surface area contributed by atoms with Crippen LogP contribution in [-0.4, -0.2) is 36.6 Å². The number of rotatable bonds is 6. The van der Waals surface area contributed by atoms with Crippen molar-refractivity contribution in [3.63, 3.8) is 0 Å². The highest BCUT2D eigenvalue weighted by Crippen LogP contribution is 2.33. The molecule has 0 aliphatic rings. The fourth-order valence-corrected chi connectivity index (χ4v) is 2.69. The van der Waals surface area contributed by atoms with Crippen LogP contribution < -0.4 is 15.1 Å². The molecule has 0 fully saturated rings. The standard InChI is InChI=1S/C21H20F3N5O/c1-14-26-18(17-6-4-5-7-19(17)30-21(22,23)24)12-20(27-14)28-25-13-15-8-10-16(11-9-15)29(2)3/h4-13H,1-3H3,(H,26,27,28)/b25-13+. The third-order valence-corrected chi connectivity index (χ3v) is 4.03. The van der Waals surface area contributed by atoms with E-state index in [9.17, 15) is 13.2 Å². The lowest BCUT2D eigenvalue weighted by Gasteiger charge is -2.13. The average Bonchev–Trinajstić information content (AvgIpc) is 2.67. The molecule has 0 spiro atoms. The Morgan fingerprint density at radius 1 is 1.03 bits per heavy atom. The largest absolute Gasteiger partial charge is 0.573 e. The van der Waals surface area contributed by atoms with E-state index in [2.05, 4.69) is 25.2 Å². The Morgan fingerprint density at radius 2 is 1.73 bits per heavy atom. The van der Waals surface area contributed by atoms with Crippen molar-refractivity contribution >= 4 is 17.7 Å². The van der Waals surface area contributed by atoms with Crippen LogP contribution in [-0.2, 0) is 0 Å². The Balaban J connectivity index is 1.81. The summed E-state index contributed by atoms with van der Waals surface area (Å²) in [6.45, 7) is 1.64. The van der Waals surface area contributed by atoms with Crippen molar-refractivity contribution in [3.05, 3.63) is 66.0 Å². The van der Waals surface area contributed by atoms with Gasteiger partial charge in [-0.15, -0.1) is 13.2 Å². The van der Waals surface area contributed by atoms with Gasteiger partial charge in [-0.3, -0.25) is 5.43 Å². The van der Waals surface area contributed by atoms with E-state index in [1.54, 1.807) is 19.2 Å². The number of alkyl halides is 3. The molecule has 0 bridgehead atoms. The minimum absolute atomic E-state index is 0.201. The lowest BCUT2D eigenvalue weighted by Crippen LogP contribution is -2.17. The van der Waals surface area contributed by atoms with E-state index in [0.717, 1.165) is 11.3 Å². The number of para-hydroxylation sites is 1. The predicted octanol–water partition coefficient (Wildman–Crippen LogP) is 4.86. The van der Waals surface area contributed by atoms with Crippen LogP contribution in [0.3, 0.4) is 0 Å². The number of aromatic nitrogens is 2. The molecule has 0 aliphatic heterocycles. The maximum atomic E-state index is 12.7. The highest BCUT2D eigenvalue weighted by atomic mass is 19.4. The average molecular weight is 415 g/mol. The molecule has 1 heterocycles. The molecule has 0 unspecified atom stereocenters. The minimum Gasteiger partial charge on any atom is -0.405 e. The summed E-state index contributed by atoms with van der Waals surface area (Å²) in [7, 11) is 3.91. The molecule has 0 amide bonds. The molecule has 30 heavy (non-hydrogen) atoms. The van der Waals surface area contributed by atoms with E-state index in [1.165, 1.54) is 24.3 Å². The molecule has 0 atom stereocenters. The van der Waals surface area contributed by atoms with Crippen molar-refractivity contribution in [2.75, 3.05) is 24.4 Å². The molecule has 9 heteroatoms. The molecule has 156 valence electrons. The van der Waals surface area contributed by atoms with Gasteiger partial charge in [0.2, 0.25) is 0 Å². The van der Waals surface area contributed by atoms with Crippen LogP contribution in [0.15, 0.2) is 59.7 Å². The van der Waals surface area contributed by atoms with Gasteiger partial charge < -0.3 is 9.64 Å². The maximum absolute atomic E-state index is 12.7. The molecule has 6 nitrogen and oxygen atoms in total. The van der Waals surface area contributed by atoms with Crippen molar-refractivity contribution in [3.8, 4) is 17.0 Å². The number of hydrogen-bond acceptors (Lipinski definition) is 6. The molecule has 0 radical (unpaired) electrons. The molecular formula is C21H20F3N5O. The summed E-state index contributed by atoms with van der Waals surface area (Å²) in [6.07, 6.45) is -3.18. The van der Waals surface area contributed by atoms with Gasteiger partial charge in [-0.2, -0.15) is 5.10 Å². The minimum atomic E-state index is -4.80. The molecule has 2 aromatic carbocycles. The third-order valence-electron chi connectivity index (χ3n) is 4.03. The molecule has 3 rings (SSSR count). The first-order chi connectivity index (χ1) is 14.2. The number of nitrogens with one attached hydrogen (secondary N) is 1. The SMILES string of the molecule is Cc1nc(N/N=C/c2ccc(N(C)C)cc2)cc(-c2ccccc2OC(F)(F)F)n1. The van der Waals surface area contributed by atoms with Crippen molar-refractivity contribution < 1.29 is 17.9 Å². The summed E-state index contributed by atoms with van der Waals surface area (Å²) in [4.78, 5) is 10.4. The van der Waals surface area contributed by atoms with E-state index in [0.29, 0.717) is 11.6 Å². The summed E-state index contributed by atoms with van der Waals surface area (Å²) >= 11 is 0. The number of ether oxygens (including phenoxy) is 1. The quantitative estimate of drug-likeness (QED) is 0.460. The zero-order valence-electron chi connectivity index (χ0n) is 16.6. The van der Waals surface area contributed by atoms with Gasteiger partial charge >= 0.3 is 6.36 Å². The van der Waals surface area contributed by atoms with Crippen LogP contribution in [0.1, 0.15) is 11.4 Å². The Labute approximate surface area is 172 Å². The zero-order chi connectivity index (χ0) is 21.7. The van der Waals surface area contributed by atoms with Crippen LogP contribution in [0.2, 0.25) is 0 Å². The fourth-order valence-electron chi connectivity index (χ4n) is 2.69. The van der Waals surface area contributed by atoms with Crippen LogP contribution >= 0.6 is 0 Å². The number of benzene rings is 2. The second-order valence-electron chi connectivity index (χ2n) is 6.59. The monoisotopic (exact) mass is 415 g/mol. The summed E-state index contributed by atoms with van der Waals surface area (Å²) < 4.78 is 42.2. The highest BCUT2D eigenvalue weighted by Gasteiger charge is 2.32. The second-order valence-corrected chi connectivity index (χ2v) is 6.59. The zero-order valence-corrected chi connectivity index (χ0v) is 16.6. The van der Waals surface area contributed by atoms with Gasteiger partial charge in [-0.25, -0.2) is 9.97 Å². The number of aryl methyl sites for hydroxylation is 1. The Kier molecular flexibility index (Phi) is 6.20. The first-order valence-corrected chi connectivity index (χ1v) is 8.98. The number of hydrogen-bond donors (Lipinski definition) is 1. The van der Waals surface area contributed by atoms with Gasteiger partial charge in [0.25, 0.3) is 0 Å². The van der Waals surface area contributed by atoms with Crippen LogP contribution in [0.5, 0.6) is 5.75 Å². The van der Waals surface area contributed by atoms with Crippen molar-refractivity contribution in [2.24, 2.45) is 5.10 Å². The summed E-state index contributed by atoms with van der Waals surface area (Å²) in [6, 6.07) is 15.1. The molecule has 3 aromatic rings. The molecular weight excluding hydrogens is 395 g/mol. The molecule has 1 N–H and O–H groups in total. The number of halogens is 3. The number of anilines is 2. The topological polar surface area (TPSA) is 62.6 Å². The van der Waals surface area contributed by atoms with Crippen molar-refractivity contribution in [2.45, 2.75) is 13.3 Å². The third kappa shape index (κ3) is 5.69. The lowest BCUT2D eigenvalue weighted by molar-refractivity contribution is -0.274. The molecule has 0 aliphatic carbocycles. The van der Waals surface area contributed by atoms with E-state index < -0.39 is 6.36 Å². The van der Waals surface area contributed by atoms with Gasteiger partial charge in [0.1, 0.15) is 17.4 Å². The van der Waals surface area contributed by atoms with Gasteiger partial charge in [0, 0.05) is 31.4 Å². The van der Waals surface area contributed by atoms with Crippen molar-refractivity contribution in [1.29, 1.82) is 0 Å². The predicted molar refractivity (Wildman–Crippen MR) is 111 cm³/mol. The molecule has 0 saturated carbocycles. The Bertz CT molecular complexity index is 1030. The summed E-state index contributed by atoms with van der Waals surface area (Å²) in [5.41, 5.74) is 5.23. The Hall–Kier alpha value is -3.62. The first kappa shape index (κ1) is 21.1. The normalized spacial score (nSPS) is 11.5. The smallest absolute Gasteiger partial charge is 0.405 e. The van der Waals surface area contributed by atoms with Crippen LogP contribution in [0, 0.1) is 6.92 Å². The van der Waals surface area contributed by atoms with E-state index >= 15 is 0 Å². The van der Waals surface area contributed by atoms with E-state index in [4.69, 9.17) is 0 Å². The molecule has 1 aromatic heterocycles.